The molecule has 3 aromatic heterocycles. The summed E-state index contributed by atoms with van der Waals surface area (Å²) >= 11 is 0. The zero-order valence-electron chi connectivity index (χ0n) is 35.6. The number of nitrogens with zero attached hydrogens (tertiary/aromatic N) is 4. The Morgan fingerprint density at radius 3 is 1.86 bits per heavy atom. The Kier molecular flexibility index (Phi) is 10.6. The van der Waals surface area contributed by atoms with E-state index in [1.165, 1.54) is 27.8 Å². The molecule has 0 N–H and O–H groups in total. The van der Waals surface area contributed by atoms with Gasteiger partial charge in [-0.3, -0.25) is 4.68 Å². The zero-order chi connectivity index (χ0) is 39.8. The number of para-hydroxylation sites is 1. The molecule has 7 rings (SSSR count). The number of pyridine rings is 1. The van der Waals surface area contributed by atoms with Crippen LogP contribution in [0.15, 0.2) is 85.1 Å². The predicted octanol–water partition coefficient (Wildman–Crippen LogP) is 13.2. The molecule has 4 aromatic carbocycles. The first-order valence-electron chi connectivity index (χ1n) is 19.5. The first-order chi connectivity index (χ1) is 25.6. The molecule has 0 spiro atoms. The van der Waals surface area contributed by atoms with Gasteiger partial charge >= 0.3 is 20.4 Å². The maximum atomic E-state index is 6.75. The van der Waals surface area contributed by atoms with E-state index in [0.717, 1.165) is 50.3 Å². The van der Waals surface area contributed by atoms with Crippen molar-refractivity contribution in [3.8, 4) is 34.1 Å². The molecule has 3 heterocycles. The molecule has 0 unspecified atom stereocenters. The monoisotopic (exact) mass is 834 g/mol. The van der Waals surface area contributed by atoms with E-state index < -0.39 is 0 Å². The van der Waals surface area contributed by atoms with Crippen molar-refractivity contribution in [2.75, 3.05) is 0 Å². The molecule has 0 aliphatic carbocycles. The van der Waals surface area contributed by atoms with Gasteiger partial charge in [0.05, 0.1) is 5.69 Å². The number of aryl methyl sites for hydroxylation is 1. The minimum absolute atomic E-state index is 0. The Bertz CT molecular complexity index is 2550. The van der Waals surface area contributed by atoms with Gasteiger partial charge in [-0.2, -0.15) is 11.2 Å². The molecule has 0 radical (unpaired) electrons. The maximum absolute atomic E-state index is 6.75. The van der Waals surface area contributed by atoms with Crippen LogP contribution in [0.3, 0.4) is 0 Å². The summed E-state index contributed by atoms with van der Waals surface area (Å²) in [6, 6.07) is 35.3. The number of hydrogen-bond donors (Lipinski definition) is 0. The van der Waals surface area contributed by atoms with E-state index in [0.29, 0.717) is 11.5 Å². The topological polar surface area (TPSA) is 44.9 Å². The smallest absolute Gasteiger partial charge is 0.509 e. The van der Waals surface area contributed by atoms with E-state index in [-0.39, 0.29) is 42.1 Å². The molecule has 0 aliphatic heterocycles. The van der Waals surface area contributed by atoms with E-state index in [1.54, 1.807) is 0 Å². The molecule has 0 bridgehead atoms. The van der Waals surface area contributed by atoms with Gasteiger partial charge in [0.25, 0.3) is 0 Å². The fourth-order valence-corrected chi connectivity index (χ4v) is 7.74. The molecule has 0 saturated carbocycles. The van der Waals surface area contributed by atoms with E-state index >= 15 is 0 Å². The van der Waals surface area contributed by atoms with E-state index in [4.69, 9.17) is 14.8 Å². The van der Waals surface area contributed by atoms with Crippen LogP contribution in [-0.4, -0.2) is 19.3 Å². The average Bonchev–Trinajstić information content (AvgIpc) is 3.58. The number of aromatic nitrogens is 4. The molecule has 6 heteroatoms. The van der Waals surface area contributed by atoms with Gasteiger partial charge < -0.3 is 9.30 Å². The fourth-order valence-electron chi connectivity index (χ4n) is 7.74. The van der Waals surface area contributed by atoms with Crippen LogP contribution in [0.2, 0.25) is 0 Å². The Morgan fingerprint density at radius 1 is 0.589 bits per heavy atom. The molecular weight excluding hydrogens is 779 g/mol. The Hall–Kier alpha value is -4.50. The summed E-state index contributed by atoms with van der Waals surface area (Å²) in [6.07, 6.45) is 1.90. The van der Waals surface area contributed by atoms with Crippen LogP contribution >= 0.6 is 0 Å². The van der Waals surface area contributed by atoms with Crippen molar-refractivity contribution in [1.82, 2.24) is 19.3 Å². The molecular formula is C50H56N4OPd. The van der Waals surface area contributed by atoms with Crippen LogP contribution in [0, 0.1) is 26.0 Å². The van der Waals surface area contributed by atoms with Crippen LogP contribution in [0.1, 0.15) is 117 Å². The van der Waals surface area contributed by atoms with E-state index in [1.807, 2.05) is 12.3 Å². The maximum Gasteiger partial charge on any atom is 2.00 e. The number of benzene rings is 4. The Morgan fingerprint density at radius 2 is 1.23 bits per heavy atom. The third-order valence-electron chi connectivity index (χ3n) is 10.8. The quantitative estimate of drug-likeness (QED) is 0.128. The van der Waals surface area contributed by atoms with Gasteiger partial charge in [-0.1, -0.05) is 125 Å². The second-order valence-electron chi connectivity index (χ2n) is 19.2. The third-order valence-corrected chi connectivity index (χ3v) is 10.8. The number of rotatable bonds is 5. The standard InChI is InChI=1S/C50H56N4O.Pd/c1-31-45(46-40(49(9,10)11)19-17-20-41(46)50(12,13)14)32(2)54(52-31)35-26-34(48(6,7)8)27-37(29-35)55-36-22-23-39-38-18-15-16-21-42(38)53(43(39)30-36)44-28-33(24-25-51-44)47(3,4)5;/h15-28H,1-14H3;/q-2;+2. The van der Waals surface area contributed by atoms with Gasteiger partial charge in [-0.15, -0.1) is 41.3 Å². The summed E-state index contributed by atoms with van der Waals surface area (Å²) in [4.78, 5) is 4.86. The fraction of sp³-hybridized carbons (Fsp3) is 0.360. The summed E-state index contributed by atoms with van der Waals surface area (Å²) in [5.41, 5.74) is 12.1. The molecule has 7 aromatic rings. The first kappa shape index (κ1) is 41.1. The third kappa shape index (κ3) is 7.63. The minimum Gasteiger partial charge on any atom is -0.509 e. The summed E-state index contributed by atoms with van der Waals surface area (Å²) in [5, 5.41) is 7.47. The molecule has 56 heavy (non-hydrogen) atoms. The van der Waals surface area contributed by atoms with Gasteiger partial charge in [-0.05, 0) is 87.0 Å². The number of fused-ring (bicyclic) bond motifs is 3. The molecule has 5 nitrogen and oxygen atoms in total. The second kappa shape index (κ2) is 14.5. The summed E-state index contributed by atoms with van der Waals surface area (Å²) in [7, 11) is 0. The Balaban J connectivity index is 0.00000532. The van der Waals surface area contributed by atoms with Crippen LogP contribution in [0.25, 0.3) is 44.4 Å². The molecule has 292 valence electrons. The summed E-state index contributed by atoms with van der Waals surface area (Å²) in [6.45, 7) is 31.5. The molecule has 0 amide bonds. The van der Waals surface area contributed by atoms with Crippen LogP contribution in [0.4, 0.5) is 0 Å². The molecule has 0 saturated heterocycles. The van der Waals surface area contributed by atoms with Crippen molar-refractivity contribution in [3.05, 3.63) is 131 Å². The number of hydrogen-bond acceptors (Lipinski definition) is 3. The average molecular weight is 835 g/mol. The minimum atomic E-state index is -0.150. The summed E-state index contributed by atoms with van der Waals surface area (Å²) < 4.78 is 11.0. The second-order valence-corrected chi connectivity index (χ2v) is 19.2. The van der Waals surface area contributed by atoms with Gasteiger partial charge in [-0.25, -0.2) is 4.98 Å². The van der Waals surface area contributed by atoms with Crippen molar-refractivity contribution in [3.63, 3.8) is 0 Å². The first-order valence-corrected chi connectivity index (χ1v) is 19.5. The van der Waals surface area contributed by atoms with Crippen molar-refractivity contribution in [2.24, 2.45) is 0 Å². The van der Waals surface area contributed by atoms with E-state index in [9.17, 15) is 0 Å². The van der Waals surface area contributed by atoms with Crippen molar-refractivity contribution < 1.29 is 25.2 Å². The largest absolute Gasteiger partial charge is 2.00 e. The van der Waals surface area contributed by atoms with Crippen LogP contribution < -0.4 is 4.74 Å². The SMILES string of the molecule is Cc1nn(-c2[c-]c(Oc3[c-]c4c(cc3)c3ccccc3n4-c3cc(C(C)(C)C)ccn3)cc(C(C)(C)C)c2)c(C)c1-c1c(C(C)(C)C)cccc1C(C)(C)C.[Pd+2]. The van der Waals surface area contributed by atoms with Crippen LogP contribution in [0.5, 0.6) is 11.5 Å². The van der Waals surface area contributed by atoms with Gasteiger partial charge in [0.2, 0.25) is 0 Å². The van der Waals surface area contributed by atoms with Gasteiger partial charge in [0, 0.05) is 34.5 Å². The van der Waals surface area contributed by atoms with E-state index in [2.05, 4.69) is 191 Å². The molecule has 0 aliphatic rings. The summed E-state index contributed by atoms with van der Waals surface area (Å²) in [5.74, 6) is 2.09. The van der Waals surface area contributed by atoms with Crippen molar-refractivity contribution >= 4 is 21.8 Å². The Labute approximate surface area is 348 Å². The van der Waals surface area contributed by atoms with Gasteiger partial charge in [0.1, 0.15) is 5.82 Å². The number of ether oxygens (including phenoxy) is 1. The molecule has 0 fully saturated rings. The predicted molar refractivity (Wildman–Crippen MR) is 230 cm³/mol. The zero-order valence-corrected chi connectivity index (χ0v) is 37.2. The molecule has 0 atom stereocenters. The van der Waals surface area contributed by atoms with Crippen molar-refractivity contribution in [2.45, 2.75) is 119 Å². The van der Waals surface area contributed by atoms with Crippen LogP contribution in [-0.2, 0) is 42.1 Å². The normalized spacial score (nSPS) is 12.7. The van der Waals surface area contributed by atoms with Gasteiger partial charge in [0.15, 0.2) is 0 Å². The van der Waals surface area contributed by atoms with Crippen molar-refractivity contribution in [1.29, 1.82) is 0 Å².